The van der Waals surface area contributed by atoms with Gasteiger partial charge in [0.25, 0.3) is 0 Å². The van der Waals surface area contributed by atoms with Crippen molar-refractivity contribution < 1.29 is 0 Å². The van der Waals surface area contributed by atoms with Gasteiger partial charge in [0, 0.05) is 0 Å². The second kappa shape index (κ2) is 4.13. The molecule has 0 fully saturated rings. The van der Waals surface area contributed by atoms with Crippen LogP contribution < -0.4 is 5.32 Å². The molecule has 0 aliphatic rings. The monoisotopic (exact) mass is 171 g/mol. The fraction of sp³-hybridized carbons (Fsp3) is 0.200. The number of nitrogens with one attached hydrogen (secondary N) is 1. The summed E-state index contributed by atoms with van der Waals surface area (Å²) in [6.45, 7) is 1.89. The zero-order chi connectivity index (χ0) is 9.68. The maximum absolute atomic E-state index is 8.55. The van der Waals surface area contributed by atoms with Crippen LogP contribution in [0, 0.1) is 22.8 Å². The Bertz CT molecular complexity index is 353. The number of nitriles is 2. The van der Waals surface area contributed by atoms with E-state index in [0.29, 0.717) is 5.56 Å². The fourth-order valence-electron chi connectivity index (χ4n) is 1.03. The average molecular weight is 171 g/mol. The molecule has 1 aromatic carbocycles. The van der Waals surface area contributed by atoms with Crippen molar-refractivity contribution >= 4 is 0 Å². The first kappa shape index (κ1) is 9.09. The lowest BCUT2D eigenvalue weighted by Crippen LogP contribution is -2.11. The average Bonchev–Trinajstić information content (AvgIpc) is 2.18. The van der Waals surface area contributed by atoms with Crippen molar-refractivity contribution in [1.82, 2.24) is 5.32 Å². The van der Waals surface area contributed by atoms with Crippen molar-refractivity contribution in [3.8, 4) is 12.3 Å². The molecule has 64 valence electrons. The van der Waals surface area contributed by atoms with Crippen LogP contribution in [0.15, 0.2) is 24.3 Å². The van der Waals surface area contributed by atoms with E-state index in [4.69, 9.17) is 10.5 Å². The van der Waals surface area contributed by atoms with E-state index in [1.54, 1.807) is 12.1 Å². The van der Waals surface area contributed by atoms with Crippen LogP contribution in [0.4, 0.5) is 0 Å². The molecular weight excluding hydrogens is 162 g/mol. The Hall–Kier alpha value is -2.00. The van der Waals surface area contributed by atoms with E-state index in [1.165, 1.54) is 0 Å². The maximum Gasteiger partial charge on any atom is 0.177 e. The molecule has 1 atom stereocenters. The minimum atomic E-state index is -0.00209. The molecular formula is C10H9N3. The lowest BCUT2D eigenvalue weighted by atomic mass is 10.1. The van der Waals surface area contributed by atoms with E-state index in [2.05, 4.69) is 5.32 Å². The summed E-state index contributed by atoms with van der Waals surface area (Å²) in [6, 6.07) is 9.20. The quantitative estimate of drug-likeness (QED) is 0.544. The Labute approximate surface area is 77.2 Å². The molecule has 0 heterocycles. The van der Waals surface area contributed by atoms with Crippen LogP contribution in [0.5, 0.6) is 0 Å². The zero-order valence-corrected chi connectivity index (χ0v) is 7.28. The van der Waals surface area contributed by atoms with Crippen LogP contribution in [0.2, 0.25) is 0 Å². The van der Waals surface area contributed by atoms with Crippen LogP contribution in [0.3, 0.4) is 0 Å². The van der Waals surface area contributed by atoms with Gasteiger partial charge in [0.05, 0.1) is 17.7 Å². The van der Waals surface area contributed by atoms with Crippen LogP contribution >= 0.6 is 0 Å². The molecule has 0 saturated heterocycles. The van der Waals surface area contributed by atoms with Crippen LogP contribution in [-0.2, 0) is 0 Å². The summed E-state index contributed by atoms with van der Waals surface area (Å²) < 4.78 is 0. The van der Waals surface area contributed by atoms with E-state index in [-0.39, 0.29) is 6.04 Å². The van der Waals surface area contributed by atoms with Gasteiger partial charge in [0.15, 0.2) is 6.19 Å². The summed E-state index contributed by atoms with van der Waals surface area (Å²) in [5.74, 6) is 0. The summed E-state index contributed by atoms with van der Waals surface area (Å²) in [5.41, 5.74) is 1.63. The SMILES string of the molecule is CC(NC#N)c1ccc(C#N)cc1. The molecule has 0 aromatic heterocycles. The van der Waals surface area contributed by atoms with Gasteiger partial charge in [0.1, 0.15) is 0 Å². The smallest absolute Gasteiger partial charge is 0.177 e. The van der Waals surface area contributed by atoms with Gasteiger partial charge in [0.2, 0.25) is 0 Å². The van der Waals surface area contributed by atoms with Crippen molar-refractivity contribution in [2.24, 2.45) is 0 Å². The van der Waals surface area contributed by atoms with Crippen molar-refractivity contribution in [2.75, 3.05) is 0 Å². The highest BCUT2D eigenvalue weighted by molar-refractivity contribution is 5.32. The molecule has 0 aliphatic carbocycles. The third-order valence-electron chi connectivity index (χ3n) is 1.82. The molecule has 1 unspecified atom stereocenters. The predicted molar refractivity (Wildman–Crippen MR) is 48.3 cm³/mol. The molecule has 0 amide bonds. The Morgan fingerprint density at radius 1 is 1.23 bits per heavy atom. The Balaban J connectivity index is 2.82. The highest BCUT2D eigenvalue weighted by Gasteiger charge is 2.02. The van der Waals surface area contributed by atoms with Gasteiger partial charge in [-0.05, 0) is 24.6 Å². The maximum atomic E-state index is 8.55. The third kappa shape index (κ3) is 2.21. The van der Waals surface area contributed by atoms with Crippen LogP contribution in [-0.4, -0.2) is 0 Å². The molecule has 3 heteroatoms. The molecule has 0 spiro atoms. The molecule has 1 aromatic rings. The second-order valence-corrected chi connectivity index (χ2v) is 2.71. The fourth-order valence-corrected chi connectivity index (χ4v) is 1.03. The normalized spacial score (nSPS) is 11.0. The molecule has 0 bridgehead atoms. The van der Waals surface area contributed by atoms with E-state index in [9.17, 15) is 0 Å². The van der Waals surface area contributed by atoms with Crippen LogP contribution in [0.25, 0.3) is 0 Å². The number of benzene rings is 1. The van der Waals surface area contributed by atoms with Crippen molar-refractivity contribution in [3.63, 3.8) is 0 Å². The van der Waals surface area contributed by atoms with Crippen molar-refractivity contribution in [1.29, 1.82) is 10.5 Å². The van der Waals surface area contributed by atoms with E-state index in [0.717, 1.165) is 5.56 Å². The van der Waals surface area contributed by atoms with E-state index < -0.39 is 0 Å². The summed E-state index contributed by atoms with van der Waals surface area (Å²) in [7, 11) is 0. The van der Waals surface area contributed by atoms with Gasteiger partial charge in [-0.3, -0.25) is 0 Å². The Kier molecular flexibility index (Phi) is 2.89. The Morgan fingerprint density at radius 3 is 2.31 bits per heavy atom. The van der Waals surface area contributed by atoms with E-state index in [1.807, 2.05) is 31.3 Å². The molecule has 13 heavy (non-hydrogen) atoms. The first-order valence-electron chi connectivity index (χ1n) is 3.92. The highest BCUT2D eigenvalue weighted by Crippen LogP contribution is 2.12. The predicted octanol–water partition coefficient (Wildman–Crippen LogP) is 1.69. The summed E-state index contributed by atoms with van der Waals surface area (Å²) >= 11 is 0. The molecule has 0 aliphatic heterocycles. The summed E-state index contributed by atoms with van der Waals surface area (Å²) in [6.07, 6.45) is 1.88. The van der Waals surface area contributed by atoms with Gasteiger partial charge in [-0.1, -0.05) is 12.1 Å². The molecule has 0 saturated carbocycles. The summed E-state index contributed by atoms with van der Waals surface area (Å²) in [5, 5.41) is 19.6. The van der Waals surface area contributed by atoms with Gasteiger partial charge in [-0.25, -0.2) is 0 Å². The summed E-state index contributed by atoms with van der Waals surface area (Å²) in [4.78, 5) is 0. The zero-order valence-electron chi connectivity index (χ0n) is 7.28. The van der Waals surface area contributed by atoms with Gasteiger partial charge >= 0.3 is 0 Å². The van der Waals surface area contributed by atoms with Crippen LogP contribution in [0.1, 0.15) is 24.1 Å². The first-order valence-corrected chi connectivity index (χ1v) is 3.92. The minimum absolute atomic E-state index is 0.00209. The lowest BCUT2D eigenvalue weighted by Gasteiger charge is -2.08. The minimum Gasteiger partial charge on any atom is -0.317 e. The number of rotatable bonds is 2. The number of hydrogen-bond acceptors (Lipinski definition) is 3. The number of hydrogen-bond donors (Lipinski definition) is 1. The molecule has 1 rings (SSSR count). The largest absolute Gasteiger partial charge is 0.317 e. The van der Waals surface area contributed by atoms with Crippen molar-refractivity contribution in [2.45, 2.75) is 13.0 Å². The Morgan fingerprint density at radius 2 is 1.85 bits per heavy atom. The molecule has 0 radical (unpaired) electrons. The lowest BCUT2D eigenvalue weighted by molar-refractivity contribution is 0.697. The highest BCUT2D eigenvalue weighted by atomic mass is 14.9. The van der Waals surface area contributed by atoms with Gasteiger partial charge in [-0.2, -0.15) is 10.5 Å². The van der Waals surface area contributed by atoms with Gasteiger partial charge in [-0.15, -0.1) is 0 Å². The standard InChI is InChI=1S/C10H9N3/c1-8(13-7-12)10-4-2-9(6-11)3-5-10/h2-5,8,13H,1H3. The molecule has 1 N–H and O–H groups in total. The first-order chi connectivity index (χ1) is 6.27. The van der Waals surface area contributed by atoms with Gasteiger partial charge < -0.3 is 5.32 Å². The molecule has 3 nitrogen and oxygen atoms in total. The van der Waals surface area contributed by atoms with E-state index >= 15 is 0 Å². The third-order valence-corrected chi connectivity index (χ3v) is 1.82. The second-order valence-electron chi connectivity index (χ2n) is 2.71. The number of nitrogens with zero attached hydrogens (tertiary/aromatic N) is 2. The topological polar surface area (TPSA) is 59.6 Å². The van der Waals surface area contributed by atoms with Crippen molar-refractivity contribution in [3.05, 3.63) is 35.4 Å².